The molecule has 0 aliphatic carbocycles. The number of hydrogen-bond donors (Lipinski definition) is 1. The molecular formula is C31H33N7O4. The molecule has 11 heteroatoms. The average Bonchev–Trinajstić information content (AvgIpc) is 3.67. The normalized spacial score (nSPS) is 13.5. The predicted octanol–water partition coefficient (Wildman–Crippen LogP) is 4.53. The molecule has 1 fully saturated rings. The van der Waals surface area contributed by atoms with Crippen LogP contribution in [0.15, 0.2) is 67.2 Å². The van der Waals surface area contributed by atoms with Gasteiger partial charge in [-0.1, -0.05) is 60.6 Å². The quantitative estimate of drug-likeness (QED) is 0.272. The Morgan fingerprint density at radius 3 is 2.38 bits per heavy atom. The summed E-state index contributed by atoms with van der Waals surface area (Å²) < 4.78 is 12.0. The number of hydrogen-bond acceptors (Lipinski definition) is 9. The van der Waals surface area contributed by atoms with E-state index in [-0.39, 0.29) is 12.0 Å². The number of piperidine rings is 1. The van der Waals surface area contributed by atoms with Gasteiger partial charge in [-0.2, -0.15) is 4.98 Å². The number of anilines is 1. The Balaban J connectivity index is 1.27. The number of H-pyrrole nitrogens is 1. The molecule has 3 aromatic heterocycles. The molecule has 0 bridgehead atoms. The van der Waals surface area contributed by atoms with Crippen LogP contribution >= 0.6 is 0 Å². The van der Waals surface area contributed by atoms with Gasteiger partial charge in [-0.3, -0.25) is 18.9 Å². The van der Waals surface area contributed by atoms with Gasteiger partial charge < -0.3 is 9.42 Å². The molecule has 216 valence electrons. The molecule has 0 spiro atoms. The van der Waals surface area contributed by atoms with Crippen LogP contribution in [0.4, 0.5) is 5.95 Å². The Labute approximate surface area is 242 Å². The third kappa shape index (κ3) is 5.67. The summed E-state index contributed by atoms with van der Waals surface area (Å²) in [4.78, 5) is 39.6. The Hall–Kier alpha value is -4.80. The van der Waals surface area contributed by atoms with Crippen molar-refractivity contribution in [3.05, 3.63) is 98.0 Å². The number of nitrogens with one attached hydrogen (secondary N) is 1. The largest absolute Gasteiger partial charge is 0.439 e. The molecule has 5 aromatic rings. The minimum Gasteiger partial charge on any atom is -0.338 e. The standard InChI is InChI=1S/C31H33N7O4/c1-3-9-26-32-20(2)25(18-27-33-30(36-41-27)37-16-7-4-8-17-37)29(39)38(26)19-21-12-14-22(15-13-21)23-10-5-6-11-24(23)28-34-31(40)42-35-28/h5-6,10-15H,3-4,7-9,16-19H2,1-2H3,(H,34,35,40). The minimum atomic E-state index is -0.601. The van der Waals surface area contributed by atoms with Gasteiger partial charge in [0.1, 0.15) is 5.82 Å². The summed E-state index contributed by atoms with van der Waals surface area (Å²) in [5.74, 6) is 1.54. The zero-order valence-corrected chi connectivity index (χ0v) is 23.8. The van der Waals surface area contributed by atoms with Crippen LogP contribution in [0.3, 0.4) is 0 Å². The third-order valence-corrected chi connectivity index (χ3v) is 7.67. The summed E-state index contributed by atoms with van der Waals surface area (Å²) in [5, 5.41) is 8.02. The summed E-state index contributed by atoms with van der Waals surface area (Å²) in [5.41, 5.74) is 4.74. The van der Waals surface area contributed by atoms with Crippen molar-refractivity contribution in [1.82, 2.24) is 29.8 Å². The molecule has 1 aliphatic heterocycles. The van der Waals surface area contributed by atoms with Crippen molar-refractivity contribution >= 4 is 5.95 Å². The van der Waals surface area contributed by atoms with Crippen molar-refractivity contribution in [2.45, 2.75) is 58.9 Å². The van der Waals surface area contributed by atoms with Crippen molar-refractivity contribution in [1.29, 1.82) is 0 Å². The summed E-state index contributed by atoms with van der Waals surface area (Å²) in [7, 11) is 0. The lowest BCUT2D eigenvalue weighted by atomic mass is 9.98. The molecule has 4 heterocycles. The molecule has 2 aromatic carbocycles. The highest BCUT2D eigenvalue weighted by Gasteiger charge is 2.21. The maximum absolute atomic E-state index is 13.9. The summed E-state index contributed by atoms with van der Waals surface area (Å²) in [6, 6.07) is 15.7. The van der Waals surface area contributed by atoms with Crippen LogP contribution in [0.2, 0.25) is 0 Å². The van der Waals surface area contributed by atoms with Gasteiger partial charge in [0.2, 0.25) is 5.89 Å². The van der Waals surface area contributed by atoms with E-state index in [9.17, 15) is 9.59 Å². The van der Waals surface area contributed by atoms with Crippen LogP contribution in [0.5, 0.6) is 0 Å². The molecule has 6 rings (SSSR count). The van der Waals surface area contributed by atoms with Crippen LogP contribution in [-0.4, -0.2) is 42.9 Å². The van der Waals surface area contributed by atoms with E-state index in [2.05, 4.69) is 32.1 Å². The lowest BCUT2D eigenvalue weighted by Crippen LogP contribution is -2.31. The molecule has 0 amide bonds. The monoisotopic (exact) mass is 567 g/mol. The first-order valence-electron chi connectivity index (χ1n) is 14.4. The molecule has 42 heavy (non-hydrogen) atoms. The first kappa shape index (κ1) is 27.4. The number of aromatic amines is 1. The molecule has 0 unspecified atom stereocenters. The van der Waals surface area contributed by atoms with E-state index in [0.717, 1.165) is 60.4 Å². The SMILES string of the molecule is CCCc1nc(C)c(Cc2nc(N3CCCCC3)no2)c(=O)n1Cc1ccc(-c2ccccc2-c2noc(=O)[nH]2)cc1. The van der Waals surface area contributed by atoms with E-state index in [1.165, 1.54) is 6.42 Å². The molecule has 1 aliphatic rings. The van der Waals surface area contributed by atoms with Gasteiger partial charge in [0.15, 0.2) is 5.82 Å². The number of rotatable bonds is 9. The Morgan fingerprint density at radius 1 is 0.905 bits per heavy atom. The van der Waals surface area contributed by atoms with Gasteiger partial charge in [-0.25, -0.2) is 9.78 Å². The number of aromatic nitrogens is 6. The fourth-order valence-electron chi connectivity index (χ4n) is 5.49. The minimum absolute atomic E-state index is 0.0897. The molecule has 1 N–H and O–H groups in total. The molecule has 1 saturated heterocycles. The van der Waals surface area contributed by atoms with Crippen molar-refractivity contribution < 1.29 is 9.05 Å². The lowest BCUT2D eigenvalue weighted by Gasteiger charge is -2.24. The highest BCUT2D eigenvalue weighted by atomic mass is 16.5. The Kier molecular flexibility index (Phi) is 7.81. The van der Waals surface area contributed by atoms with E-state index in [1.54, 1.807) is 4.57 Å². The van der Waals surface area contributed by atoms with E-state index >= 15 is 0 Å². The smallest absolute Gasteiger partial charge is 0.338 e. The highest BCUT2D eigenvalue weighted by Crippen LogP contribution is 2.30. The fraction of sp³-hybridized carbons (Fsp3) is 0.355. The average molecular weight is 568 g/mol. The van der Waals surface area contributed by atoms with Crippen LogP contribution in [0.1, 0.15) is 61.1 Å². The second-order valence-electron chi connectivity index (χ2n) is 10.6. The van der Waals surface area contributed by atoms with Crippen LogP contribution in [0.25, 0.3) is 22.5 Å². The van der Waals surface area contributed by atoms with Crippen molar-refractivity contribution in [2.75, 3.05) is 18.0 Å². The van der Waals surface area contributed by atoms with Crippen molar-refractivity contribution in [3.8, 4) is 22.5 Å². The summed E-state index contributed by atoms with van der Waals surface area (Å²) >= 11 is 0. The number of benzene rings is 2. The van der Waals surface area contributed by atoms with Gasteiger partial charge in [0.25, 0.3) is 11.5 Å². The van der Waals surface area contributed by atoms with Crippen molar-refractivity contribution in [2.24, 2.45) is 0 Å². The first-order valence-corrected chi connectivity index (χ1v) is 14.4. The first-order chi connectivity index (χ1) is 20.5. The number of aryl methyl sites for hydroxylation is 2. The van der Waals surface area contributed by atoms with E-state index < -0.39 is 5.76 Å². The molecular weight excluding hydrogens is 534 g/mol. The van der Waals surface area contributed by atoms with Gasteiger partial charge in [-0.15, -0.1) is 0 Å². The summed E-state index contributed by atoms with van der Waals surface area (Å²) in [6.07, 6.45) is 5.26. The Morgan fingerprint density at radius 2 is 1.67 bits per heavy atom. The Bertz CT molecular complexity index is 1790. The zero-order valence-electron chi connectivity index (χ0n) is 23.8. The maximum atomic E-state index is 13.9. The maximum Gasteiger partial charge on any atom is 0.439 e. The molecule has 0 radical (unpaired) electrons. The van der Waals surface area contributed by atoms with Crippen LogP contribution < -0.4 is 16.2 Å². The second kappa shape index (κ2) is 12.0. The number of nitrogens with zero attached hydrogens (tertiary/aromatic N) is 6. The second-order valence-corrected chi connectivity index (χ2v) is 10.6. The van der Waals surface area contributed by atoms with Crippen LogP contribution in [-0.2, 0) is 19.4 Å². The van der Waals surface area contributed by atoms with E-state index in [0.29, 0.717) is 41.9 Å². The van der Waals surface area contributed by atoms with Gasteiger partial charge >= 0.3 is 5.76 Å². The fourth-order valence-corrected chi connectivity index (χ4v) is 5.49. The van der Waals surface area contributed by atoms with Gasteiger partial charge in [-0.05, 0) is 54.5 Å². The lowest BCUT2D eigenvalue weighted by molar-refractivity contribution is 0.382. The highest BCUT2D eigenvalue weighted by molar-refractivity contribution is 5.80. The van der Waals surface area contributed by atoms with Gasteiger partial charge in [0, 0.05) is 36.3 Å². The molecule has 11 nitrogen and oxygen atoms in total. The predicted molar refractivity (Wildman–Crippen MR) is 157 cm³/mol. The zero-order chi connectivity index (χ0) is 29.1. The molecule has 0 saturated carbocycles. The van der Waals surface area contributed by atoms with Gasteiger partial charge in [0.05, 0.1) is 13.0 Å². The molecule has 0 atom stereocenters. The topological polar surface area (TPSA) is 136 Å². The van der Waals surface area contributed by atoms with E-state index in [1.807, 2.05) is 55.5 Å². The van der Waals surface area contributed by atoms with Crippen molar-refractivity contribution in [3.63, 3.8) is 0 Å². The van der Waals surface area contributed by atoms with Crippen LogP contribution in [0, 0.1) is 6.92 Å². The van der Waals surface area contributed by atoms with E-state index in [4.69, 9.17) is 14.0 Å². The third-order valence-electron chi connectivity index (χ3n) is 7.67. The summed E-state index contributed by atoms with van der Waals surface area (Å²) in [6.45, 7) is 6.17.